The molecule has 2 unspecified atom stereocenters. The van der Waals surface area contributed by atoms with Gasteiger partial charge in [-0.3, -0.25) is 9.69 Å². The molecule has 1 aromatic heterocycles. The minimum atomic E-state index is -0.849. The number of furan rings is 1. The van der Waals surface area contributed by atoms with Gasteiger partial charge in [0.1, 0.15) is 11.8 Å². The van der Waals surface area contributed by atoms with Crippen LogP contribution in [0, 0.1) is 0 Å². The molecular formula is C25H27NO5. The highest BCUT2D eigenvalue weighted by Gasteiger charge is 2.37. The van der Waals surface area contributed by atoms with Crippen LogP contribution in [0.5, 0.6) is 11.5 Å². The Labute approximate surface area is 182 Å². The summed E-state index contributed by atoms with van der Waals surface area (Å²) in [6, 6.07) is 16.4. The maximum atomic E-state index is 12.4. The minimum Gasteiger partial charge on any atom is -0.493 e. The summed E-state index contributed by atoms with van der Waals surface area (Å²) >= 11 is 0. The Kier molecular flexibility index (Phi) is 6.28. The molecule has 162 valence electrons. The fraction of sp³-hybridized carbons (Fsp3) is 0.320. The monoisotopic (exact) mass is 421 g/mol. The van der Waals surface area contributed by atoms with E-state index in [0.29, 0.717) is 24.5 Å². The minimum absolute atomic E-state index is 0.102. The molecule has 1 aliphatic rings. The van der Waals surface area contributed by atoms with Gasteiger partial charge in [0, 0.05) is 19.0 Å². The van der Waals surface area contributed by atoms with Crippen molar-refractivity contribution in [3.63, 3.8) is 0 Å². The van der Waals surface area contributed by atoms with Crippen LogP contribution in [0.4, 0.5) is 0 Å². The first-order valence-electron chi connectivity index (χ1n) is 10.4. The lowest BCUT2D eigenvalue weighted by Crippen LogP contribution is -2.41. The van der Waals surface area contributed by atoms with Crippen LogP contribution in [0.1, 0.15) is 41.0 Å². The first-order valence-corrected chi connectivity index (χ1v) is 10.4. The normalized spacial score (nSPS) is 17.0. The topological polar surface area (TPSA) is 72.1 Å². The van der Waals surface area contributed by atoms with Crippen molar-refractivity contribution in [3.8, 4) is 11.5 Å². The van der Waals surface area contributed by atoms with Crippen LogP contribution in [0.25, 0.3) is 0 Å². The van der Waals surface area contributed by atoms with Gasteiger partial charge < -0.3 is 19.0 Å². The van der Waals surface area contributed by atoms with E-state index in [-0.39, 0.29) is 6.04 Å². The summed E-state index contributed by atoms with van der Waals surface area (Å²) in [5.74, 6) is 1.38. The van der Waals surface area contributed by atoms with Crippen LogP contribution >= 0.6 is 0 Å². The van der Waals surface area contributed by atoms with Gasteiger partial charge in [-0.1, -0.05) is 30.3 Å². The fourth-order valence-electron chi connectivity index (χ4n) is 4.52. The van der Waals surface area contributed by atoms with Crippen molar-refractivity contribution in [1.82, 2.24) is 4.90 Å². The molecule has 1 aliphatic heterocycles. The molecule has 2 atom stereocenters. The van der Waals surface area contributed by atoms with Crippen molar-refractivity contribution in [2.75, 3.05) is 20.8 Å². The van der Waals surface area contributed by atoms with Crippen LogP contribution in [-0.4, -0.2) is 36.7 Å². The second-order valence-electron chi connectivity index (χ2n) is 7.68. The molecular weight excluding hydrogens is 394 g/mol. The standard InChI is InChI=1S/C25H27NO5/c1-29-22-15-18-12-13-26(24(25(27)28)17-7-4-3-5-8-17)21(20(18)16-23(22)30-2)11-10-19-9-6-14-31-19/h3-9,14-16,21,24H,10-13H2,1-2H3,(H,27,28). The number of benzene rings is 2. The smallest absolute Gasteiger partial charge is 0.325 e. The van der Waals surface area contributed by atoms with E-state index < -0.39 is 12.0 Å². The Morgan fingerprint density at radius 3 is 2.52 bits per heavy atom. The molecule has 0 saturated carbocycles. The van der Waals surface area contributed by atoms with E-state index in [2.05, 4.69) is 4.90 Å². The Morgan fingerprint density at radius 1 is 1.13 bits per heavy atom. The van der Waals surface area contributed by atoms with E-state index in [1.165, 1.54) is 0 Å². The van der Waals surface area contributed by atoms with Crippen LogP contribution in [0.15, 0.2) is 65.3 Å². The van der Waals surface area contributed by atoms with E-state index in [4.69, 9.17) is 13.9 Å². The van der Waals surface area contributed by atoms with E-state index in [1.54, 1.807) is 20.5 Å². The van der Waals surface area contributed by atoms with Gasteiger partial charge in [0.05, 0.1) is 20.5 Å². The molecule has 0 bridgehead atoms. The Hall–Kier alpha value is -3.25. The average Bonchev–Trinajstić information content (AvgIpc) is 3.31. The van der Waals surface area contributed by atoms with Gasteiger partial charge >= 0.3 is 5.97 Å². The lowest BCUT2D eigenvalue weighted by atomic mass is 9.87. The number of fused-ring (bicyclic) bond motifs is 1. The maximum absolute atomic E-state index is 12.4. The number of aryl methyl sites for hydroxylation is 1. The Balaban J connectivity index is 1.76. The summed E-state index contributed by atoms with van der Waals surface area (Å²) in [5, 5.41) is 10.2. The van der Waals surface area contributed by atoms with Gasteiger partial charge in [-0.05, 0) is 53.8 Å². The number of carboxylic acids is 1. The summed E-state index contributed by atoms with van der Waals surface area (Å²) in [6.07, 6.45) is 3.85. The van der Waals surface area contributed by atoms with Gasteiger partial charge in [0.15, 0.2) is 11.5 Å². The Bertz CT molecular complexity index is 1020. The quantitative estimate of drug-likeness (QED) is 0.571. The molecule has 4 rings (SSSR count). The zero-order valence-corrected chi connectivity index (χ0v) is 17.8. The average molecular weight is 421 g/mol. The number of carbonyl (C=O) groups is 1. The highest BCUT2D eigenvalue weighted by Crippen LogP contribution is 2.43. The van der Waals surface area contributed by atoms with Gasteiger partial charge in [0.2, 0.25) is 0 Å². The molecule has 31 heavy (non-hydrogen) atoms. The number of ether oxygens (including phenoxy) is 2. The predicted molar refractivity (Wildman–Crippen MR) is 117 cm³/mol. The summed E-state index contributed by atoms with van der Waals surface area (Å²) in [4.78, 5) is 14.5. The summed E-state index contributed by atoms with van der Waals surface area (Å²) in [6.45, 7) is 0.636. The molecule has 1 N–H and O–H groups in total. The molecule has 0 amide bonds. The van der Waals surface area contributed by atoms with Crippen molar-refractivity contribution in [2.45, 2.75) is 31.3 Å². The zero-order valence-electron chi connectivity index (χ0n) is 17.8. The largest absolute Gasteiger partial charge is 0.493 e. The molecule has 0 saturated heterocycles. The molecule has 2 aromatic carbocycles. The second-order valence-corrected chi connectivity index (χ2v) is 7.68. The predicted octanol–water partition coefficient (Wildman–Crippen LogP) is 4.65. The number of nitrogens with zero attached hydrogens (tertiary/aromatic N) is 1. The van der Waals surface area contributed by atoms with Gasteiger partial charge in [-0.2, -0.15) is 0 Å². The van der Waals surface area contributed by atoms with E-state index in [0.717, 1.165) is 35.3 Å². The van der Waals surface area contributed by atoms with E-state index >= 15 is 0 Å². The third-order valence-electron chi connectivity index (χ3n) is 5.97. The number of rotatable bonds is 8. The SMILES string of the molecule is COc1cc2c(cc1OC)C(CCc1ccco1)N(C(C(=O)O)c1ccccc1)CC2. The second kappa shape index (κ2) is 9.27. The molecule has 6 nitrogen and oxygen atoms in total. The fourth-order valence-corrected chi connectivity index (χ4v) is 4.52. The van der Waals surface area contributed by atoms with Crippen molar-refractivity contribution >= 4 is 5.97 Å². The number of aliphatic carboxylic acids is 1. The van der Waals surface area contributed by atoms with Crippen LogP contribution < -0.4 is 9.47 Å². The number of hydrogen-bond donors (Lipinski definition) is 1. The number of hydrogen-bond acceptors (Lipinski definition) is 5. The molecule has 0 fully saturated rings. The highest BCUT2D eigenvalue weighted by atomic mass is 16.5. The number of methoxy groups -OCH3 is 2. The molecule has 0 aliphatic carbocycles. The van der Waals surface area contributed by atoms with Crippen molar-refractivity contribution in [1.29, 1.82) is 0 Å². The molecule has 0 radical (unpaired) electrons. The first-order chi connectivity index (χ1) is 15.1. The van der Waals surface area contributed by atoms with Crippen LogP contribution in [0.2, 0.25) is 0 Å². The molecule has 3 aromatic rings. The van der Waals surface area contributed by atoms with Crippen LogP contribution in [-0.2, 0) is 17.6 Å². The molecule has 0 spiro atoms. The lowest BCUT2D eigenvalue weighted by Gasteiger charge is -2.41. The van der Waals surface area contributed by atoms with Gasteiger partial charge in [0.25, 0.3) is 0 Å². The van der Waals surface area contributed by atoms with Gasteiger partial charge in [-0.25, -0.2) is 0 Å². The molecule has 6 heteroatoms. The highest BCUT2D eigenvalue weighted by molar-refractivity contribution is 5.75. The van der Waals surface area contributed by atoms with Crippen molar-refractivity contribution in [2.24, 2.45) is 0 Å². The van der Waals surface area contributed by atoms with Gasteiger partial charge in [-0.15, -0.1) is 0 Å². The van der Waals surface area contributed by atoms with Crippen LogP contribution in [0.3, 0.4) is 0 Å². The van der Waals surface area contributed by atoms with E-state index in [1.807, 2.05) is 54.6 Å². The van der Waals surface area contributed by atoms with Crippen molar-refractivity contribution < 1.29 is 23.8 Å². The molecule has 2 heterocycles. The third-order valence-corrected chi connectivity index (χ3v) is 5.97. The maximum Gasteiger partial charge on any atom is 0.325 e. The van der Waals surface area contributed by atoms with Crippen molar-refractivity contribution in [3.05, 3.63) is 83.3 Å². The zero-order chi connectivity index (χ0) is 21.8. The number of carboxylic acid groups (broad SMARTS) is 1. The Morgan fingerprint density at radius 2 is 1.87 bits per heavy atom. The van der Waals surface area contributed by atoms with E-state index in [9.17, 15) is 9.90 Å². The lowest BCUT2D eigenvalue weighted by molar-refractivity contribution is -0.145. The summed E-state index contributed by atoms with van der Waals surface area (Å²) < 4.78 is 16.6. The first kappa shape index (κ1) is 21.0. The summed E-state index contributed by atoms with van der Waals surface area (Å²) in [7, 11) is 3.25. The summed E-state index contributed by atoms with van der Waals surface area (Å²) in [5.41, 5.74) is 3.02. The third kappa shape index (κ3) is 4.30.